The molecule has 0 amide bonds. The first-order valence-electron chi connectivity index (χ1n) is 7.12. The van der Waals surface area contributed by atoms with Crippen LogP contribution in [0.4, 0.5) is 5.13 Å². The van der Waals surface area contributed by atoms with Crippen molar-refractivity contribution in [2.75, 3.05) is 32.1 Å². The van der Waals surface area contributed by atoms with Crippen LogP contribution in [0.5, 0.6) is 0 Å². The van der Waals surface area contributed by atoms with Crippen molar-refractivity contribution in [3.63, 3.8) is 0 Å². The largest absolute Gasteiger partial charge is 0.346 e. The highest BCUT2D eigenvalue weighted by molar-refractivity contribution is 7.17. The summed E-state index contributed by atoms with van der Waals surface area (Å²) >= 11 is 1.53. The minimum atomic E-state index is -0.0860. The zero-order valence-corrected chi connectivity index (χ0v) is 14.1. The number of rotatable bonds is 3. The van der Waals surface area contributed by atoms with Gasteiger partial charge in [-0.2, -0.15) is 0 Å². The van der Waals surface area contributed by atoms with Crippen molar-refractivity contribution in [2.45, 2.75) is 39.2 Å². The number of carbonyl (C=O) groups excluding carboxylic acids is 1. The van der Waals surface area contributed by atoms with E-state index in [0.29, 0.717) is 12.0 Å². The molecule has 2 atom stereocenters. The first-order chi connectivity index (χ1) is 9.24. The average molecular weight is 295 g/mol. The monoisotopic (exact) mass is 295 g/mol. The Hall–Kier alpha value is -0.940. The second-order valence-corrected chi connectivity index (χ2v) is 8.00. The third-order valence-electron chi connectivity index (χ3n) is 3.97. The minimum Gasteiger partial charge on any atom is -0.346 e. The molecule has 2 heterocycles. The molecule has 0 saturated carbocycles. The molecule has 1 aliphatic rings. The number of hydrogen-bond acceptors (Lipinski definition) is 5. The summed E-state index contributed by atoms with van der Waals surface area (Å²) in [6.45, 7) is 10.6. The molecule has 1 aromatic heterocycles. The van der Waals surface area contributed by atoms with Gasteiger partial charge in [0.05, 0.1) is 10.6 Å². The number of anilines is 1. The molecule has 112 valence electrons. The molecule has 4 nitrogen and oxygen atoms in total. The van der Waals surface area contributed by atoms with Crippen LogP contribution in [-0.2, 0) is 5.41 Å². The minimum absolute atomic E-state index is 0.0860. The Morgan fingerprint density at radius 1 is 1.35 bits per heavy atom. The summed E-state index contributed by atoms with van der Waals surface area (Å²) < 4.78 is 0. The molecule has 5 heteroatoms. The van der Waals surface area contributed by atoms with E-state index in [1.165, 1.54) is 11.3 Å². The Kier molecular flexibility index (Phi) is 4.21. The molecule has 0 spiro atoms. The van der Waals surface area contributed by atoms with Crippen LogP contribution in [0.3, 0.4) is 0 Å². The van der Waals surface area contributed by atoms with E-state index >= 15 is 0 Å². The van der Waals surface area contributed by atoms with Crippen LogP contribution in [0, 0.1) is 5.92 Å². The molecular weight excluding hydrogens is 270 g/mol. The number of nitrogens with zero attached hydrogens (tertiary/aromatic N) is 3. The van der Waals surface area contributed by atoms with Gasteiger partial charge < -0.3 is 9.80 Å². The summed E-state index contributed by atoms with van der Waals surface area (Å²) in [6.07, 6.45) is 0.949. The van der Waals surface area contributed by atoms with Crippen LogP contribution >= 0.6 is 11.3 Å². The lowest BCUT2D eigenvalue weighted by molar-refractivity contribution is 0.112. The van der Waals surface area contributed by atoms with Gasteiger partial charge in [0.25, 0.3) is 0 Å². The molecular formula is C15H25N3OS. The average Bonchev–Trinajstić information content (AvgIpc) is 2.90. The third kappa shape index (κ3) is 2.88. The van der Waals surface area contributed by atoms with Crippen molar-refractivity contribution in [1.29, 1.82) is 0 Å². The first-order valence-corrected chi connectivity index (χ1v) is 7.93. The van der Waals surface area contributed by atoms with Crippen molar-refractivity contribution in [3.8, 4) is 0 Å². The fraction of sp³-hybridized carbons (Fsp3) is 0.733. The van der Waals surface area contributed by atoms with Crippen LogP contribution in [0.15, 0.2) is 0 Å². The summed E-state index contributed by atoms with van der Waals surface area (Å²) in [5.41, 5.74) is 0.838. The predicted octanol–water partition coefficient (Wildman–Crippen LogP) is 2.64. The van der Waals surface area contributed by atoms with E-state index in [-0.39, 0.29) is 5.41 Å². The van der Waals surface area contributed by atoms with Crippen molar-refractivity contribution in [3.05, 3.63) is 10.6 Å². The maximum atomic E-state index is 11.3. The molecule has 0 aliphatic carbocycles. The Labute approximate surface area is 125 Å². The second kappa shape index (κ2) is 5.45. The van der Waals surface area contributed by atoms with E-state index in [2.05, 4.69) is 51.6 Å². The number of hydrogen-bond donors (Lipinski definition) is 0. The Morgan fingerprint density at radius 3 is 2.40 bits per heavy atom. The SMILES string of the molecule is CC1CN(c2nc(C(C)(C)C)c(C=O)s2)CC1N(C)C. The lowest BCUT2D eigenvalue weighted by Gasteiger charge is -2.22. The lowest BCUT2D eigenvalue weighted by atomic mass is 9.91. The van der Waals surface area contributed by atoms with Crippen LogP contribution < -0.4 is 4.90 Å². The second-order valence-electron chi connectivity index (χ2n) is 6.99. The summed E-state index contributed by atoms with van der Waals surface area (Å²) in [7, 11) is 4.26. The van der Waals surface area contributed by atoms with E-state index in [1.807, 2.05) is 0 Å². The van der Waals surface area contributed by atoms with Crippen molar-refractivity contribution >= 4 is 22.8 Å². The molecule has 2 rings (SSSR count). The highest BCUT2D eigenvalue weighted by Gasteiger charge is 2.34. The van der Waals surface area contributed by atoms with Gasteiger partial charge in [-0.3, -0.25) is 4.79 Å². The van der Waals surface area contributed by atoms with Gasteiger partial charge in [0.2, 0.25) is 0 Å². The Balaban J connectivity index is 2.27. The van der Waals surface area contributed by atoms with Crippen molar-refractivity contribution in [1.82, 2.24) is 9.88 Å². The van der Waals surface area contributed by atoms with E-state index < -0.39 is 0 Å². The quantitative estimate of drug-likeness (QED) is 0.803. The predicted molar refractivity (Wildman–Crippen MR) is 85.1 cm³/mol. The fourth-order valence-electron chi connectivity index (χ4n) is 2.85. The Morgan fingerprint density at radius 2 is 2.00 bits per heavy atom. The molecule has 0 aromatic carbocycles. The smallest absolute Gasteiger partial charge is 0.186 e. The number of likely N-dealkylation sites (N-methyl/N-ethyl adjacent to an activating group) is 1. The number of aromatic nitrogens is 1. The first kappa shape index (κ1) is 15.4. The Bertz CT molecular complexity index is 490. The summed E-state index contributed by atoms with van der Waals surface area (Å²) in [5.74, 6) is 0.617. The summed E-state index contributed by atoms with van der Waals surface area (Å²) in [4.78, 5) is 21.4. The number of thiazole rings is 1. The van der Waals surface area contributed by atoms with Crippen LogP contribution in [0.1, 0.15) is 43.1 Å². The molecule has 0 radical (unpaired) electrons. The molecule has 2 unspecified atom stereocenters. The molecule has 1 fully saturated rings. The van der Waals surface area contributed by atoms with Crippen LogP contribution in [-0.4, -0.2) is 49.4 Å². The molecule has 1 saturated heterocycles. The maximum absolute atomic E-state index is 11.3. The molecule has 20 heavy (non-hydrogen) atoms. The zero-order valence-electron chi connectivity index (χ0n) is 13.3. The van der Waals surface area contributed by atoms with E-state index in [1.54, 1.807) is 0 Å². The number of aldehydes is 1. The van der Waals surface area contributed by atoms with E-state index in [4.69, 9.17) is 4.98 Å². The van der Waals surface area contributed by atoms with Crippen molar-refractivity contribution in [2.24, 2.45) is 5.92 Å². The summed E-state index contributed by atoms with van der Waals surface area (Å²) in [6, 6.07) is 0.552. The van der Waals surface area contributed by atoms with Crippen LogP contribution in [0.2, 0.25) is 0 Å². The van der Waals surface area contributed by atoms with Gasteiger partial charge in [0.1, 0.15) is 0 Å². The zero-order chi connectivity index (χ0) is 15.1. The normalized spacial score (nSPS) is 23.6. The van der Waals surface area contributed by atoms with Gasteiger partial charge in [0.15, 0.2) is 11.4 Å². The van der Waals surface area contributed by atoms with Gasteiger partial charge in [0, 0.05) is 24.5 Å². The molecule has 0 N–H and O–H groups in total. The highest BCUT2D eigenvalue weighted by atomic mass is 32.1. The van der Waals surface area contributed by atoms with Gasteiger partial charge in [-0.15, -0.1) is 0 Å². The number of carbonyl (C=O) groups is 1. The van der Waals surface area contributed by atoms with Crippen molar-refractivity contribution < 1.29 is 4.79 Å². The van der Waals surface area contributed by atoms with Gasteiger partial charge in [-0.25, -0.2) is 4.98 Å². The fourth-order valence-corrected chi connectivity index (χ4v) is 3.96. The van der Waals surface area contributed by atoms with Gasteiger partial charge >= 0.3 is 0 Å². The van der Waals surface area contributed by atoms with Gasteiger partial charge in [-0.1, -0.05) is 39.0 Å². The van der Waals surface area contributed by atoms with Crippen LogP contribution in [0.25, 0.3) is 0 Å². The maximum Gasteiger partial charge on any atom is 0.186 e. The van der Waals surface area contributed by atoms with E-state index in [9.17, 15) is 4.79 Å². The third-order valence-corrected chi connectivity index (χ3v) is 5.01. The van der Waals surface area contributed by atoms with E-state index in [0.717, 1.165) is 35.1 Å². The topological polar surface area (TPSA) is 36.4 Å². The standard InChI is InChI=1S/C15H25N3OS/c1-10-7-18(8-11(10)17(5)6)14-16-13(15(2,3)4)12(9-19)20-14/h9-11H,7-8H2,1-6H3. The highest BCUT2D eigenvalue weighted by Crippen LogP contribution is 2.35. The van der Waals surface area contributed by atoms with Gasteiger partial charge in [-0.05, 0) is 20.0 Å². The molecule has 1 aromatic rings. The molecule has 1 aliphatic heterocycles. The molecule has 0 bridgehead atoms. The lowest BCUT2D eigenvalue weighted by Crippen LogP contribution is -2.34. The summed E-state index contributed by atoms with van der Waals surface area (Å²) in [5, 5.41) is 0.994.